The Labute approximate surface area is 227 Å². The lowest BCUT2D eigenvalue weighted by Gasteiger charge is -2.32. The number of benzene rings is 2. The number of carbonyl (C=O) groups excluding carboxylic acids is 1. The molecule has 1 saturated heterocycles. The van der Waals surface area contributed by atoms with Crippen molar-refractivity contribution in [2.75, 3.05) is 39.2 Å². The minimum Gasteiger partial charge on any atom is -0.491 e. The second-order valence-electron chi connectivity index (χ2n) is 9.43. The van der Waals surface area contributed by atoms with Gasteiger partial charge in [0.1, 0.15) is 23.8 Å². The maximum atomic E-state index is 13.2. The molecule has 0 bridgehead atoms. The summed E-state index contributed by atoms with van der Waals surface area (Å²) >= 11 is 12.9. The van der Waals surface area contributed by atoms with Crippen molar-refractivity contribution < 1.29 is 27.1 Å². The molecule has 0 unspecified atom stereocenters. The molecular formula is C25H32Cl2FN3O5S. The quantitative estimate of drug-likeness (QED) is 0.400. The Hall–Kier alpha value is -2.11. The van der Waals surface area contributed by atoms with Gasteiger partial charge in [0.2, 0.25) is 0 Å². The van der Waals surface area contributed by atoms with E-state index in [0.29, 0.717) is 30.9 Å². The van der Waals surface area contributed by atoms with Gasteiger partial charge < -0.3 is 19.7 Å². The molecule has 2 N–H and O–H groups in total. The molecule has 2 aromatic carbocycles. The Balaban J connectivity index is 1.75. The molecule has 1 heterocycles. The molecule has 1 fully saturated rings. The summed E-state index contributed by atoms with van der Waals surface area (Å²) in [6, 6.07) is 7.90. The number of nitrogens with one attached hydrogen (secondary N) is 2. The predicted octanol–water partition coefficient (Wildman–Crippen LogP) is 4.71. The topological polar surface area (TPSA) is 97.0 Å². The van der Waals surface area contributed by atoms with E-state index < -0.39 is 21.5 Å². The summed E-state index contributed by atoms with van der Waals surface area (Å²) in [5.74, 6) is -0.591. The van der Waals surface area contributed by atoms with Gasteiger partial charge in [0.25, 0.3) is 15.9 Å². The normalized spacial score (nSPS) is 18.9. The van der Waals surface area contributed by atoms with Gasteiger partial charge in [-0.2, -0.15) is 0 Å². The number of amides is 1. The van der Waals surface area contributed by atoms with Crippen LogP contribution in [0.2, 0.25) is 10.0 Å². The van der Waals surface area contributed by atoms with E-state index >= 15 is 0 Å². The maximum Gasteiger partial charge on any atom is 0.265 e. The number of sulfonamides is 1. The standard InChI is InChI=1S/C25H32Cl2FN3O5S/c1-25(11-4-5-13-36-25)24(32)30-37(33,34)20-14-21(26)23(22(27)15-20)29-18(10-12-31(2)3)16-35-19-8-6-17(28)7-9-19/h6-9,14-15,18,29H,4-5,10-13,16H2,1-3H3,(H,30,32)/t18-,25-/m1/s1. The lowest BCUT2D eigenvalue weighted by molar-refractivity contribution is -0.148. The Morgan fingerprint density at radius 1 is 1.19 bits per heavy atom. The number of halogens is 3. The number of ether oxygens (including phenoxy) is 2. The minimum absolute atomic E-state index is 0.0667. The number of carbonyl (C=O) groups is 1. The van der Waals surface area contributed by atoms with Crippen LogP contribution in [0.1, 0.15) is 32.6 Å². The van der Waals surface area contributed by atoms with Crippen molar-refractivity contribution in [1.82, 2.24) is 9.62 Å². The minimum atomic E-state index is -4.25. The van der Waals surface area contributed by atoms with Crippen LogP contribution in [0.25, 0.3) is 0 Å². The summed E-state index contributed by atoms with van der Waals surface area (Å²) in [7, 11) is -0.376. The molecular weight excluding hydrogens is 544 g/mol. The highest BCUT2D eigenvalue weighted by atomic mass is 35.5. The Morgan fingerprint density at radius 2 is 1.84 bits per heavy atom. The molecule has 204 valence electrons. The smallest absolute Gasteiger partial charge is 0.265 e. The number of hydrogen-bond acceptors (Lipinski definition) is 7. The van der Waals surface area contributed by atoms with E-state index in [1.54, 1.807) is 6.92 Å². The lowest BCUT2D eigenvalue weighted by Crippen LogP contribution is -2.50. The fraction of sp³-hybridized carbons (Fsp3) is 0.480. The van der Waals surface area contributed by atoms with Crippen LogP contribution in [0.4, 0.5) is 10.1 Å². The molecule has 0 aliphatic carbocycles. The largest absolute Gasteiger partial charge is 0.491 e. The monoisotopic (exact) mass is 575 g/mol. The predicted molar refractivity (Wildman–Crippen MR) is 142 cm³/mol. The van der Waals surface area contributed by atoms with Crippen LogP contribution in [0.3, 0.4) is 0 Å². The van der Waals surface area contributed by atoms with Crippen LogP contribution in [-0.2, 0) is 19.6 Å². The number of hydrogen-bond donors (Lipinski definition) is 2. The molecule has 3 rings (SSSR count). The molecule has 0 saturated carbocycles. The lowest BCUT2D eigenvalue weighted by atomic mass is 9.95. The average molecular weight is 577 g/mol. The highest BCUT2D eigenvalue weighted by Crippen LogP contribution is 2.35. The molecule has 0 spiro atoms. The zero-order chi connectivity index (χ0) is 27.2. The van der Waals surface area contributed by atoms with Gasteiger partial charge in [0.15, 0.2) is 0 Å². The third kappa shape index (κ3) is 8.19. The molecule has 12 heteroatoms. The van der Waals surface area contributed by atoms with Crippen molar-refractivity contribution in [2.24, 2.45) is 0 Å². The average Bonchev–Trinajstić information content (AvgIpc) is 2.83. The highest BCUT2D eigenvalue weighted by Gasteiger charge is 2.38. The molecule has 37 heavy (non-hydrogen) atoms. The molecule has 8 nitrogen and oxygen atoms in total. The van der Waals surface area contributed by atoms with E-state index in [0.717, 1.165) is 19.4 Å². The van der Waals surface area contributed by atoms with Crippen LogP contribution < -0.4 is 14.8 Å². The van der Waals surface area contributed by atoms with Crippen LogP contribution in [0, 0.1) is 5.82 Å². The number of nitrogens with zero attached hydrogens (tertiary/aromatic N) is 1. The van der Waals surface area contributed by atoms with Crippen molar-refractivity contribution in [3.8, 4) is 5.75 Å². The third-order valence-electron chi connectivity index (χ3n) is 6.04. The fourth-order valence-corrected chi connectivity index (χ4v) is 5.64. The molecule has 1 aliphatic rings. The number of anilines is 1. The molecule has 1 aliphatic heterocycles. The Kier molecular flexibility index (Phi) is 10.0. The Bertz CT molecular complexity index is 1170. The van der Waals surface area contributed by atoms with E-state index in [9.17, 15) is 17.6 Å². The number of rotatable bonds is 11. The first kappa shape index (κ1) is 29.4. The van der Waals surface area contributed by atoms with Crippen LogP contribution in [-0.4, -0.2) is 64.7 Å². The van der Waals surface area contributed by atoms with Crippen molar-refractivity contribution >= 4 is 44.8 Å². The van der Waals surface area contributed by atoms with Crippen LogP contribution in [0.5, 0.6) is 5.75 Å². The summed E-state index contributed by atoms with van der Waals surface area (Å²) in [6.07, 6.45) is 2.66. The first-order valence-corrected chi connectivity index (χ1v) is 14.1. The first-order chi connectivity index (χ1) is 17.4. The van der Waals surface area contributed by atoms with Gasteiger partial charge in [0.05, 0.1) is 26.7 Å². The van der Waals surface area contributed by atoms with Crippen molar-refractivity contribution in [1.29, 1.82) is 0 Å². The van der Waals surface area contributed by atoms with Gasteiger partial charge in [-0.25, -0.2) is 17.5 Å². The van der Waals surface area contributed by atoms with Gasteiger partial charge in [0, 0.05) is 6.61 Å². The van der Waals surface area contributed by atoms with Crippen molar-refractivity contribution in [2.45, 2.75) is 49.1 Å². The summed E-state index contributed by atoms with van der Waals surface area (Å²) < 4.78 is 52.5. The fourth-order valence-electron chi connectivity index (χ4n) is 3.79. The molecule has 2 aromatic rings. The molecule has 1 amide bonds. The van der Waals surface area contributed by atoms with E-state index in [-0.39, 0.29) is 33.4 Å². The summed E-state index contributed by atoms with van der Waals surface area (Å²) in [4.78, 5) is 14.5. The summed E-state index contributed by atoms with van der Waals surface area (Å²) in [6.45, 7) is 2.91. The molecule has 0 aromatic heterocycles. The van der Waals surface area contributed by atoms with Gasteiger partial charge >= 0.3 is 0 Å². The second kappa shape index (κ2) is 12.6. The van der Waals surface area contributed by atoms with E-state index in [1.807, 2.05) is 19.0 Å². The van der Waals surface area contributed by atoms with Crippen LogP contribution >= 0.6 is 23.2 Å². The molecule has 2 atom stereocenters. The van der Waals surface area contributed by atoms with Gasteiger partial charge in [-0.15, -0.1) is 0 Å². The highest BCUT2D eigenvalue weighted by molar-refractivity contribution is 7.90. The zero-order valence-corrected chi connectivity index (χ0v) is 23.4. The van der Waals surface area contributed by atoms with Gasteiger partial charge in [-0.05, 0) is 89.6 Å². The summed E-state index contributed by atoms with van der Waals surface area (Å²) in [5, 5.41) is 3.37. The van der Waals surface area contributed by atoms with E-state index in [2.05, 4.69) is 10.0 Å². The summed E-state index contributed by atoms with van der Waals surface area (Å²) in [5.41, 5.74) is -0.882. The molecule has 0 radical (unpaired) electrons. The SMILES string of the molecule is CN(C)CC[C@H](COc1ccc(F)cc1)Nc1c(Cl)cc(S(=O)(=O)NC(=O)[C@@]2(C)CCCCO2)cc1Cl. The maximum absolute atomic E-state index is 13.2. The van der Waals surface area contributed by atoms with Crippen molar-refractivity contribution in [3.63, 3.8) is 0 Å². The zero-order valence-electron chi connectivity index (χ0n) is 21.0. The first-order valence-electron chi connectivity index (χ1n) is 11.9. The second-order valence-corrected chi connectivity index (χ2v) is 11.9. The van der Waals surface area contributed by atoms with Crippen molar-refractivity contribution in [3.05, 3.63) is 52.3 Å². The van der Waals surface area contributed by atoms with E-state index in [4.69, 9.17) is 32.7 Å². The van der Waals surface area contributed by atoms with Crippen LogP contribution in [0.15, 0.2) is 41.3 Å². The third-order valence-corrected chi connectivity index (χ3v) is 7.95. The van der Waals surface area contributed by atoms with E-state index in [1.165, 1.54) is 36.4 Å². The van der Waals surface area contributed by atoms with Gasteiger partial charge in [-0.1, -0.05) is 23.2 Å². The van der Waals surface area contributed by atoms with Gasteiger partial charge in [-0.3, -0.25) is 4.79 Å². The Morgan fingerprint density at radius 3 is 2.41 bits per heavy atom.